The molecule has 0 heterocycles. The minimum absolute atomic E-state index is 0.00268. The second kappa shape index (κ2) is 5.67. The van der Waals surface area contributed by atoms with Crippen LogP contribution in [0.2, 0.25) is 0 Å². The third-order valence-corrected chi connectivity index (χ3v) is 3.09. The number of hydrogen-bond donors (Lipinski definition) is 2. The van der Waals surface area contributed by atoms with Crippen LogP contribution in [0.4, 0.5) is 0 Å². The number of aryl methyl sites for hydroxylation is 1. The molecule has 0 aromatic heterocycles. The van der Waals surface area contributed by atoms with Gasteiger partial charge in [0.1, 0.15) is 5.75 Å². The van der Waals surface area contributed by atoms with E-state index in [0.29, 0.717) is 0 Å². The van der Waals surface area contributed by atoms with Gasteiger partial charge in [0.2, 0.25) is 0 Å². The van der Waals surface area contributed by atoms with Gasteiger partial charge in [-0.1, -0.05) is 36.4 Å². The van der Waals surface area contributed by atoms with Crippen molar-refractivity contribution >= 4 is 0 Å². The average Bonchev–Trinajstić information content (AvgIpc) is 2.42. The molecule has 0 saturated carbocycles. The van der Waals surface area contributed by atoms with Crippen molar-refractivity contribution in [1.82, 2.24) is 5.43 Å². The van der Waals surface area contributed by atoms with E-state index in [0.717, 1.165) is 22.4 Å². The predicted molar refractivity (Wildman–Crippen MR) is 73.3 cm³/mol. The Labute approximate surface area is 108 Å². The summed E-state index contributed by atoms with van der Waals surface area (Å²) >= 11 is 0. The quantitative estimate of drug-likeness (QED) is 0.640. The maximum Gasteiger partial charge on any atom is 0.119 e. The molecule has 0 spiro atoms. The Balaban J connectivity index is 2.39. The molecule has 0 amide bonds. The van der Waals surface area contributed by atoms with Gasteiger partial charge in [-0.25, -0.2) is 5.43 Å². The molecule has 0 saturated heterocycles. The van der Waals surface area contributed by atoms with Crippen LogP contribution in [0.1, 0.15) is 22.7 Å². The van der Waals surface area contributed by atoms with E-state index in [1.165, 1.54) is 0 Å². The van der Waals surface area contributed by atoms with Crippen molar-refractivity contribution < 1.29 is 4.74 Å². The van der Waals surface area contributed by atoms with Crippen molar-refractivity contribution in [3.05, 3.63) is 65.2 Å². The van der Waals surface area contributed by atoms with Crippen LogP contribution in [-0.2, 0) is 0 Å². The van der Waals surface area contributed by atoms with Gasteiger partial charge in [-0.3, -0.25) is 5.84 Å². The first-order valence-electron chi connectivity index (χ1n) is 5.92. The van der Waals surface area contributed by atoms with E-state index in [4.69, 9.17) is 10.6 Å². The Hall–Kier alpha value is -1.84. The predicted octanol–water partition coefficient (Wildman–Crippen LogP) is 2.56. The van der Waals surface area contributed by atoms with Crippen molar-refractivity contribution in [2.24, 2.45) is 5.84 Å². The van der Waals surface area contributed by atoms with E-state index in [1.54, 1.807) is 7.11 Å². The fraction of sp³-hybridized carbons (Fsp3) is 0.200. The van der Waals surface area contributed by atoms with Crippen molar-refractivity contribution in [3.8, 4) is 5.75 Å². The van der Waals surface area contributed by atoms with Gasteiger partial charge in [0.15, 0.2) is 0 Å². The highest BCUT2D eigenvalue weighted by Gasteiger charge is 2.14. The number of hydrogen-bond acceptors (Lipinski definition) is 3. The zero-order valence-electron chi connectivity index (χ0n) is 10.7. The summed E-state index contributed by atoms with van der Waals surface area (Å²) in [6, 6.07) is 16.2. The van der Waals surface area contributed by atoms with E-state index in [9.17, 15) is 0 Å². The number of nitrogens with one attached hydrogen (secondary N) is 1. The molecule has 0 aliphatic heterocycles. The highest BCUT2D eigenvalue weighted by molar-refractivity contribution is 5.41. The highest BCUT2D eigenvalue weighted by Crippen LogP contribution is 2.26. The first kappa shape index (κ1) is 12.6. The summed E-state index contributed by atoms with van der Waals surface area (Å²) in [6.45, 7) is 2.06. The lowest BCUT2D eigenvalue weighted by atomic mass is 9.95. The first-order chi connectivity index (χ1) is 8.76. The molecule has 2 rings (SSSR count). The molecule has 2 aromatic rings. The van der Waals surface area contributed by atoms with Crippen LogP contribution in [0, 0.1) is 6.92 Å². The zero-order valence-corrected chi connectivity index (χ0v) is 10.7. The largest absolute Gasteiger partial charge is 0.497 e. The molecule has 2 aromatic carbocycles. The topological polar surface area (TPSA) is 47.3 Å². The minimum Gasteiger partial charge on any atom is -0.497 e. The Morgan fingerprint density at radius 3 is 2.39 bits per heavy atom. The van der Waals surface area contributed by atoms with E-state index in [-0.39, 0.29) is 6.04 Å². The fourth-order valence-electron chi connectivity index (χ4n) is 2.11. The molecule has 1 atom stereocenters. The molecule has 0 fully saturated rings. The summed E-state index contributed by atoms with van der Waals surface area (Å²) in [5.41, 5.74) is 6.33. The molecule has 18 heavy (non-hydrogen) atoms. The van der Waals surface area contributed by atoms with Crippen LogP contribution >= 0.6 is 0 Å². The summed E-state index contributed by atoms with van der Waals surface area (Å²) in [7, 11) is 1.67. The number of ether oxygens (including phenoxy) is 1. The fourth-order valence-corrected chi connectivity index (χ4v) is 2.11. The van der Waals surface area contributed by atoms with Crippen LogP contribution in [0.3, 0.4) is 0 Å². The summed E-state index contributed by atoms with van der Waals surface area (Å²) in [4.78, 5) is 0. The van der Waals surface area contributed by atoms with E-state index in [2.05, 4.69) is 24.5 Å². The van der Waals surface area contributed by atoms with Gasteiger partial charge in [0.25, 0.3) is 0 Å². The Kier molecular flexibility index (Phi) is 3.97. The second-order valence-corrected chi connectivity index (χ2v) is 4.23. The van der Waals surface area contributed by atoms with E-state index in [1.807, 2.05) is 36.4 Å². The van der Waals surface area contributed by atoms with Crippen LogP contribution in [-0.4, -0.2) is 7.11 Å². The molecule has 0 bridgehead atoms. The maximum absolute atomic E-state index is 5.70. The monoisotopic (exact) mass is 242 g/mol. The normalized spacial score (nSPS) is 12.2. The Morgan fingerprint density at radius 2 is 1.83 bits per heavy atom. The van der Waals surface area contributed by atoms with Gasteiger partial charge in [0, 0.05) is 0 Å². The zero-order chi connectivity index (χ0) is 13.0. The lowest BCUT2D eigenvalue weighted by molar-refractivity contribution is 0.414. The first-order valence-corrected chi connectivity index (χ1v) is 5.92. The van der Waals surface area contributed by atoms with Gasteiger partial charge in [-0.2, -0.15) is 0 Å². The molecular weight excluding hydrogens is 224 g/mol. The number of nitrogens with two attached hydrogens (primary N) is 1. The lowest BCUT2D eigenvalue weighted by Crippen LogP contribution is -2.29. The molecule has 3 heteroatoms. The van der Waals surface area contributed by atoms with Gasteiger partial charge in [-0.05, 0) is 35.7 Å². The summed E-state index contributed by atoms with van der Waals surface area (Å²) in [6.07, 6.45) is 0. The minimum atomic E-state index is -0.00268. The van der Waals surface area contributed by atoms with Crippen molar-refractivity contribution in [2.45, 2.75) is 13.0 Å². The summed E-state index contributed by atoms with van der Waals surface area (Å²) in [5.74, 6) is 6.56. The van der Waals surface area contributed by atoms with Crippen LogP contribution in [0.15, 0.2) is 48.5 Å². The number of rotatable bonds is 4. The molecular formula is C15H18N2O. The maximum atomic E-state index is 5.70. The molecule has 94 valence electrons. The third-order valence-electron chi connectivity index (χ3n) is 3.09. The number of hydrazine groups is 1. The summed E-state index contributed by atoms with van der Waals surface area (Å²) in [5, 5.41) is 0. The van der Waals surface area contributed by atoms with Crippen LogP contribution in [0.5, 0.6) is 5.75 Å². The van der Waals surface area contributed by atoms with E-state index >= 15 is 0 Å². The second-order valence-electron chi connectivity index (χ2n) is 4.23. The molecule has 0 aliphatic carbocycles. The smallest absolute Gasteiger partial charge is 0.119 e. The number of methoxy groups -OCH3 is 1. The van der Waals surface area contributed by atoms with Gasteiger partial charge in [0.05, 0.1) is 13.2 Å². The Bertz CT molecular complexity index is 511. The highest BCUT2D eigenvalue weighted by atomic mass is 16.5. The van der Waals surface area contributed by atoms with Gasteiger partial charge < -0.3 is 4.74 Å². The summed E-state index contributed by atoms with van der Waals surface area (Å²) < 4.78 is 5.22. The van der Waals surface area contributed by atoms with Crippen LogP contribution in [0.25, 0.3) is 0 Å². The van der Waals surface area contributed by atoms with Crippen molar-refractivity contribution in [2.75, 3.05) is 7.11 Å². The lowest BCUT2D eigenvalue weighted by Gasteiger charge is -2.19. The molecule has 1 unspecified atom stereocenters. The van der Waals surface area contributed by atoms with Gasteiger partial charge in [-0.15, -0.1) is 0 Å². The molecule has 0 aliphatic rings. The molecule has 0 radical (unpaired) electrons. The molecule has 3 N–H and O–H groups in total. The van der Waals surface area contributed by atoms with Crippen molar-refractivity contribution in [1.29, 1.82) is 0 Å². The third kappa shape index (κ3) is 2.53. The van der Waals surface area contributed by atoms with Crippen LogP contribution < -0.4 is 16.0 Å². The average molecular weight is 242 g/mol. The molecule has 3 nitrogen and oxygen atoms in total. The Morgan fingerprint density at radius 1 is 1.11 bits per heavy atom. The van der Waals surface area contributed by atoms with E-state index < -0.39 is 0 Å². The SMILES string of the molecule is COc1ccc(C(NN)c2ccccc2)c(C)c1. The van der Waals surface area contributed by atoms with Gasteiger partial charge >= 0.3 is 0 Å². The standard InChI is InChI=1S/C15H18N2O/c1-11-10-13(18-2)8-9-14(11)15(17-16)12-6-4-3-5-7-12/h3-10,15,17H,16H2,1-2H3. The number of benzene rings is 2. The van der Waals surface area contributed by atoms with Crippen molar-refractivity contribution in [3.63, 3.8) is 0 Å².